The van der Waals surface area contributed by atoms with Crippen LogP contribution in [0.1, 0.15) is 24.8 Å². The molecule has 0 aromatic heterocycles. The number of likely N-dealkylation sites (tertiary alicyclic amines) is 1. The zero-order chi connectivity index (χ0) is 14.8. The van der Waals surface area contributed by atoms with E-state index in [0.29, 0.717) is 29.9 Å². The highest BCUT2D eigenvalue weighted by molar-refractivity contribution is 6.30. The molecule has 1 aromatic rings. The fourth-order valence-corrected chi connectivity index (χ4v) is 3.71. The molecule has 0 bridgehead atoms. The van der Waals surface area contributed by atoms with Gasteiger partial charge in [0.25, 0.3) is 0 Å². The average Bonchev–Trinajstić information content (AvgIpc) is 2.50. The SMILES string of the molecule is COc1ccc(Cl)cc1CN1C(=O)CCC2CNCCC21. The van der Waals surface area contributed by atoms with Crippen LogP contribution in [0.4, 0.5) is 0 Å². The molecular formula is C16H21ClN2O2. The van der Waals surface area contributed by atoms with Crippen molar-refractivity contribution in [2.45, 2.75) is 31.8 Å². The zero-order valence-electron chi connectivity index (χ0n) is 12.3. The van der Waals surface area contributed by atoms with Crippen LogP contribution in [0.15, 0.2) is 18.2 Å². The van der Waals surface area contributed by atoms with Gasteiger partial charge in [-0.3, -0.25) is 4.79 Å². The van der Waals surface area contributed by atoms with E-state index < -0.39 is 0 Å². The van der Waals surface area contributed by atoms with Gasteiger partial charge in [0.15, 0.2) is 0 Å². The first-order valence-corrected chi connectivity index (χ1v) is 7.89. The summed E-state index contributed by atoms with van der Waals surface area (Å²) in [6.45, 7) is 2.59. The van der Waals surface area contributed by atoms with E-state index in [1.165, 1.54) is 0 Å². The van der Waals surface area contributed by atoms with Gasteiger partial charge in [-0.25, -0.2) is 0 Å². The molecule has 3 rings (SSSR count). The van der Waals surface area contributed by atoms with Crippen molar-refractivity contribution in [3.05, 3.63) is 28.8 Å². The first-order valence-electron chi connectivity index (χ1n) is 7.51. The van der Waals surface area contributed by atoms with E-state index >= 15 is 0 Å². The molecule has 1 amide bonds. The maximum Gasteiger partial charge on any atom is 0.223 e. The molecule has 2 saturated heterocycles. The minimum Gasteiger partial charge on any atom is -0.496 e. The van der Waals surface area contributed by atoms with Crippen LogP contribution in [0.5, 0.6) is 5.75 Å². The Morgan fingerprint density at radius 2 is 2.29 bits per heavy atom. The van der Waals surface area contributed by atoms with E-state index in [1.807, 2.05) is 23.1 Å². The molecule has 21 heavy (non-hydrogen) atoms. The first-order chi connectivity index (χ1) is 10.2. The van der Waals surface area contributed by atoms with E-state index in [-0.39, 0.29) is 5.91 Å². The van der Waals surface area contributed by atoms with Gasteiger partial charge < -0.3 is 15.0 Å². The Balaban J connectivity index is 1.84. The predicted octanol–water partition coefficient (Wildman–Crippen LogP) is 2.45. The summed E-state index contributed by atoms with van der Waals surface area (Å²) in [4.78, 5) is 14.4. The monoisotopic (exact) mass is 308 g/mol. The third kappa shape index (κ3) is 3.01. The molecule has 0 spiro atoms. The Bertz CT molecular complexity index is 535. The highest BCUT2D eigenvalue weighted by atomic mass is 35.5. The normalized spacial score (nSPS) is 25.6. The van der Waals surface area contributed by atoms with E-state index in [4.69, 9.17) is 16.3 Å². The first kappa shape index (κ1) is 14.7. The number of hydrogen-bond donors (Lipinski definition) is 1. The largest absolute Gasteiger partial charge is 0.496 e. The summed E-state index contributed by atoms with van der Waals surface area (Å²) in [5, 5.41) is 4.11. The third-order valence-electron chi connectivity index (χ3n) is 4.60. The molecule has 4 nitrogen and oxygen atoms in total. The summed E-state index contributed by atoms with van der Waals surface area (Å²) in [6.07, 6.45) is 2.67. The molecule has 2 atom stereocenters. The number of nitrogens with zero attached hydrogens (tertiary/aromatic N) is 1. The number of halogens is 1. The third-order valence-corrected chi connectivity index (χ3v) is 4.84. The van der Waals surface area contributed by atoms with Crippen molar-refractivity contribution in [1.29, 1.82) is 0 Å². The summed E-state index contributed by atoms with van der Waals surface area (Å²) in [5.74, 6) is 1.62. The number of amides is 1. The summed E-state index contributed by atoms with van der Waals surface area (Å²) in [6, 6.07) is 5.93. The average molecular weight is 309 g/mol. The van der Waals surface area contributed by atoms with Gasteiger partial charge in [0.05, 0.1) is 7.11 Å². The van der Waals surface area contributed by atoms with E-state index in [9.17, 15) is 4.79 Å². The van der Waals surface area contributed by atoms with Crippen molar-refractivity contribution in [3.8, 4) is 5.75 Å². The summed E-state index contributed by atoms with van der Waals surface area (Å²) >= 11 is 6.10. The van der Waals surface area contributed by atoms with Crippen molar-refractivity contribution in [2.24, 2.45) is 5.92 Å². The van der Waals surface area contributed by atoms with Crippen LogP contribution in [0.2, 0.25) is 5.02 Å². The Morgan fingerprint density at radius 1 is 1.43 bits per heavy atom. The molecule has 5 heteroatoms. The van der Waals surface area contributed by atoms with E-state index in [2.05, 4.69) is 5.32 Å². The van der Waals surface area contributed by atoms with Crippen molar-refractivity contribution < 1.29 is 9.53 Å². The standard InChI is InChI=1S/C16H21ClN2O2/c1-21-15-4-3-13(17)8-12(15)10-19-14-6-7-18-9-11(14)2-5-16(19)20/h3-4,8,11,14,18H,2,5-7,9-10H2,1H3. The van der Waals surface area contributed by atoms with Gasteiger partial charge in [-0.05, 0) is 50.0 Å². The number of rotatable bonds is 3. The summed E-state index contributed by atoms with van der Waals surface area (Å²) in [5.41, 5.74) is 0.984. The van der Waals surface area contributed by atoms with Gasteiger partial charge in [-0.2, -0.15) is 0 Å². The lowest BCUT2D eigenvalue weighted by Gasteiger charge is -2.44. The lowest BCUT2D eigenvalue weighted by molar-refractivity contribution is -0.140. The van der Waals surface area contributed by atoms with Gasteiger partial charge in [0, 0.05) is 29.6 Å². The molecule has 114 valence electrons. The number of methoxy groups -OCH3 is 1. The topological polar surface area (TPSA) is 41.6 Å². The van der Waals surface area contributed by atoms with Gasteiger partial charge in [-0.15, -0.1) is 0 Å². The number of ether oxygens (including phenoxy) is 1. The second-order valence-corrected chi connectivity index (χ2v) is 6.27. The van der Waals surface area contributed by atoms with Crippen LogP contribution in [0.3, 0.4) is 0 Å². The van der Waals surface area contributed by atoms with Gasteiger partial charge in [0.1, 0.15) is 5.75 Å². The van der Waals surface area contributed by atoms with E-state index in [0.717, 1.165) is 37.2 Å². The number of carbonyl (C=O) groups excluding carboxylic acids is 1. The highest BCUT2D eigenvalue weighted by Crippen LogP contribution is 2.32. The second-order valence-electron chi connectivity index (χ2n) is 5.84. The van der Waals surface area contributed by atoms with Crippen LogP contribution in [0.25, 0.3) is 0 Å². The summed E-state index contributed by atoms with van der Waals surface area (Å²) in [7, 11) is 1.65. The number of nitrogens with one attached hydrogen (secondary N) is 1. The molecule has 0 aliphatic carbocycles. The number of carbonyl (C=O) groups is 1. The second kappa shape index (κ2) is 6.24. The molecule has 2 fully saturated rings. The molecule has 2 heterocycles. The Labute approximate surface area is 130 Å². The number of benzene rings is 1. The summed E-state index contributed by atoms with van der Waals surface area (Å²) < 4.78 is 5.40. The van der Waals surface area contributed by atoms with Crippen LogP contribution >= 0.6 is 11.6 Å². The predicted molar refractivity (Wildman–Crippen MR) is 82.6 cm³/mol. The fourth-order valence-electron chi connectivity index (χ4n) is 3.51. The number of fused-ring (bicyclic) bond motifs is 1. The Morgan fingerprint density at radius 3 is 3.10 bits per heavy atom. The van der Waals surface area contributed by atoms with Crippen molar-refractivity contribution in [1.82, 2.24) is 10.2 Å². The van der Waals surface area contributed by atoms with Gasteiger partial charge in [0.2, 0.25) is 5.91 Å². The van der Waals surface area contributed by atoms with Crippen LogP contribution in [-0.4, -0.2) is 37.0 Å². The smallest absolute Gasteiger partial charge is 0.223 e. The number of hydrogen-bond acceptors (Lipinski definition) is 3. The molecule has 0 saturated carbocycles. The minimum atomic E-state index is 0.250. The molecular weight excluding hydrogens is 288 g/mol. The molecule has 1 aromatic carbocycles. The molecule has 0 radical (unpaired) electrons. The highest BCUT2D eigenvalue weighted by Gasteiger charge is 2.37. The zero-order valence-corrected chi connectivity index (χ0v) is 13.0. The molecule has 1 N–H and O–H groups in total. The lowest BCUT2D eigenvalue weighted by atomic mass is 9.84. The van der Waals surface area contributed by atoms with Crippen LogP contribution < -0.4 is 10.1 Å². The minimum absolute atomic E-state index is 0.250. The quantitative estimate of drug-likeness (QED) is 0.932. The molecule has 2 unspecified atom stereocenters. The number of piperidine rings is 2. The Kier molecular flexibility index (Phi) is 4.36. The lowest BCUT2D eigenvalue weighted by Crippen LogP contribution is -2.54. The van der Waals surface area contributed by atoms with Crippen molar-refractivity contribution >= 4 is 17.5 Å². The maximum atomic E-state index is 12.4. The van der Waals surface area contributed by atoms with Crippen LogP contribution in [-0.2, 0) is 11.3 Å². The van der Waals surface area contributed by atoms with Gasteiger partial charge >= 0.3 is 0 Å². The van der Waals surface area contributed by atoms with E-state index in [1.54, 1.807) is 7.11 Å². The van der Waals surface area contributed by atoms with Crippen LogP contribution in [0, 0.1) is 5.92 Å². The molecule has 2 aliphatic heterocycles. The van der Waals surface area contributed by atoms with Gasteiger partial charge in [-0.1, -0.05) is 11.6 Å². The fraction of sp³-hybridized carbons (Fsp3) is 0.562. The maximum absolute atomic E-state index is 12.4. The van der Waals surface area contributed by atoms with Crippen molar-refractivity contribution in [2.75, 3.05) is 20.2 Å². The van der Waals surface area contributed by atoms with Crippen molar-refractivity contribution in [3.63, 3.8) is 0 Å². The molecule has 2 aliphatic rings. The Hall–Kier alpha value is -1.26.